The summed E-state index contributed by atoms with van der Waals surface area (Å²) in [6.07, 6.45) is 1.51. The number of nitrogens with zero attached hydrogens (tertiary/aromatic N) is 3. The van der Waals surface area contributed by atoms with E-state index in [1.54, 1.807) is 29.2 Å². The smallest absolute Gasteiger partial charge is 0.246 e. The van der Waals surface area contributed by atoms with Crippen molar-refractivity contribution in [3.8, 4) is 0 Å². The predicted molar refractivity (Wildman–Crippen MR) is 118 cm³/mol. The first-order valence-electron chi connectivity index (χ1n) is 9.65. The van der Waals surface area contributed by atoms with Gasteiger partial charge in [0.25, 0.3) is 0 Å². The number of rotatable bonds is 6. The Kier molecular flexibility index (Phi) is 6.70. The average molecular weight is 436 g/mol. The molecule has 1 atom stereocenters. The van der Waals surface area contributed by atoms with Gasteiger partial charge in [0.05, 0.1) is 11.9 Å². The van der Waals surface area contributed by atoms with Crippen LogP contribution in [0.15, 0.2) is 54.6 Å². The third-order valence-corrected chi connectivity index (χ3v) is 6.54. The van der Waals surface area contributed by atoms with Crippen molar-refractivity contribution in [1.82, 2.24) is 4.90 Å². The molecule has 8 heteroatoms. The molecule has 2 aromatic rings. The van der Waals surface area contributed by atoms with Crippen molar-refractivity contribution in [2.75, 3.05) is 41.6 Å². The molecule has 3 rings (SSSR count). The van der Waals surface area contributed by atoms with Crippen molar-refractivity contribution < 1.29 is 13.2 Å². The highest BCUT2D eigenvalue weighted by Crippen LogP contribution is 2.26. The minimum absolute atomic E-state index is 0.166. The van der Waals surface area contributed by atoms with Gasteiger partial charge in [0.1, 0.15) is 6.04 Å². The lowest BCUT2D eigenvalue weighted by Gasteiger charge is -2.39. The molecule has 29 heavy (non-hydrogen) atoms. The van der Waals surface area contributed by atoms with Crippen molar-refractivity contribution in [3.63, 3.8) is 0 Å². The maximum atomic E-state index is 13.3. The Morgan fingerprint density at radius 2 is 1.62 bits per heavy atom. The fraction of sp³-hybridized carbons (Fsp3) is 0.381. The molecule has 0 aliphatic carbocycles. The Hall–Kier alpha value is -2.25. The van der Waals surface area contributed by atoms with Crippen LogP contribution in [0, 0.1) is 0 Å². The lowest BCUT2D eigenvalue weighted by molar-refractivity contribution is -0.132. The summed E-state index contributed by atoms with van der Waals surface area (Å²) in [5.74, 6) is -0.166. The van der Waals surface area contributed by atoms with Crippen LogP contribution >= 0.6 is 11.6 Å². The molecule has 0 bridgehead atoms. The van der Waals surface area contributed by atoms with Crippen LogP contribution in [0.25, 0.3) is 0 Å². The minimum atomic E-state index is -3.65. The zero-order valence-corrected chi connectivity index (χ0v) is 18.2. The van der Waals surface area contributed by atoms with E-state index in [4.69, 9.17) is 11.6 Å². The number of amides is 1. The van der Waals surface area contributed by atoms with Crippen LogP contribution in [0.3, 0.4) is 0 Å². The number of anilines is 2. The normalized spacial score (nSPS) is 15.8. The molecule has 6 nitrogen and oxygen atoms in total. The van der Waals surface area contributed by atoms with E-state index in [1.165, 1.54) is 4.31 Å². The highest BCUT2D eigenvalue weighted by atomic mass is 35.5. The van der Waals surface area contributed by atoms with Gasteiger partial charge in [0.15, 0.2) is 0 Å². The van der Waals surface area contributed by atoms with Crippen LogP contribution in [-0.4, -0.2) is 57.7 Å². The number of hydrogen-bond donors (Lipinski definition) is 0. The molecule has 1 saturated heterocycles. The maximum absolute atomic E-state index is 13.3. The number of hydrogen-bond acceptors (Lipinski definition) is 4. The zero-order valence-electron chi connectivity index (χ0n) is 16.7. The first-order valence-corrected chi connectivity index (χ1v) is 11.9. The largest absolute Gasteiger partial charge is 0.368 e. The Labute approximate surface area is 177 Å². The van der Waals surface area contributed by atoms with Gasteiger partial charge < -0.3 is 9.80 Å². The van der Waals surface area contributed by atoms with Crippen molar-refractivity contribution in [3.05, 3.63) is 59.6 Å². The molecule has 0 saturated carbocycles. The van der Waals surface area contributed by atoms with Crippen LogP contribution in [0.2, 0.25) is 5.02 Å². The highest BCUT2D eigenvalue weighted by molar-refractivity contribution is 7.92. The maximum Gasteiger partial charge on any atom is 0.246 e. The van der Waals surface area contributed by atoms with Gasteiger partial charge in [0.2, 0.25) is 15.9 Å². The van der Waals surface area contributed by atoms with Gasteiger partial charge in [-0.3, -0.25) is 9.10 Å². The first-order chi connectivity index (χ1) is 13.8. The fourth-order valence-electron chi connectivity index (χ4n) is 3.67. The van der Waals surface area contributed by atoms with E-state index in [9.17, 15) is 13.2 Å². The molecule has 156 valence electrons. The number of carbonyl (C=O) groups is 1. The van der Waals surface area contributed by atoms with Crippen LogP contribution in [0.4, 0.5) is 11.4 Å². The quantitative estimate of drug-likeness (QED) is 0.698. The summed E-state index contributed by atoms with van der Waals surface area (Å²) in [6.45, 7) is 4.37. The van der Waals surface area contributed by atoms with Crippen molar-refractivity contribution in [2.24, 2.45) is 0 Å². The number of benzene rings is 2. The molecule has 1 aliphatic rings. The van der Waals surface area contributed by atoms with Gasteiger partial charge in [0, 0.05) is 36.9 Å². The second kappa shape index (κ2) is 9.05. The molecular formula is C21H26ClN3O3S. The van der Waals surface area contributed by atoms with E-state index in [0.717, 1.165) is 11.9 Å². The standard InChI is InChI=1S/C21H26ClN3O3S/c1-3-20(25(29(2,27)28)19-11-9-17(22)10-12-19)21(26)24-15-13-23(14-16-24)18-7-5-4-6-8-18/h4-12,20H,3,13-16H2,1-2H3/t20-/m0/s1. The Morgan fingerprint density at radius 3 is 2.14 bits per heavy atom. The molecule has 0 unspecified atom stereocenters. The first kappa shape index (κ1) is 21.5. The number of piperazine rings is 1. The topological polar surface area (TPSA) is 60.9 Å². The number of para-hydroxylation sites is 1. The van der Waals surface area contributed by atoms with Crippen LogP contribution in [0.1, 0.15) is 13.3 Å². The van der Waals surface area contributed by atoms with Crippen LogP contribution in [-0.2, 0) is 14.8 Å². The SMILES string of the molecule is CC[C@@H](C(=O)N1CCN(c2ccccc2)CC1)N(c1ccc(Cl)cc1)S(C)(=O)=O. The Bertz CT molecular complexity index is 927. The number of carbonyl (C=O) groups excluding carboxylic acids is 1. The lowest BCUT2D eigenvalue weighted by Crippen LogP contribution is -2.56. The fourth-order valence-corrected chi connectivity index (χ4v) is 5.00. The predicted octanol–water partition coefficient (Wildman–Crippen LogP) is 3.23. The molecule has 1 aliphatic heterocycles. The minimum Gasteiger partial charge on any atom is -0.368 e. The molecule has 0 radical (unpaired) electrons. The molecule has 0 N–H and O–H groups in total. The monoisotopic (exact) mass is 435 g/mol. The zero-order chi connectivity index (χ0) is 21.0. The summed E-state index contributed by atoms with van der Waals surface area (Å²) in [6, 6.07) is 15.8. The third-order valence-electron chi connectivity index (χ3n) is 5.11. The second-order valence-electron chi connectivity index (χ2n) is 7.11. The van der Waals surface area contributed by atoms with Gasteiger partial charge >= 0.3 is 0 Å². The molecule has 1 fully saturated rings. The van der Waals surface area contributed by atoms with Crippen molar-refractivity contribution >= 4 is 38.9 Å². The van der Waals surface area contributed by atoms with Gasteiger partial charge in [-0.25, -0.2) is 8.42 Å². The Morgan fingerprint density at radius 1 is 1.03 bits per heavy atom. The molecule has 0 spiro atoms. The Balaban J connectivity index is 1.77. The summed E-state index contributed by atoms with van der Waals surface area (Å²) in [7, 11) is -3.65. The summed E-state index contributed by atoms with van der Waals surface area (Å²) in [5.41, 5.74) is 1.57. The van der Waals surface area contributed by atoms with Gasteiger partial charge in [-0.15, -0.1) is 0 Å². The van der Waals surface area contributed by atoms with Crippen LogP contribution < -0.4 is 9.21 Å². The molecule has 1 amide bonds. The van der Waals surface area contributed by atoms with Crippen LogP contribution in [0.5, 0.6) is 0 Å². The van der Waals surface area contributed by atoms with Crippen molar-refractivity contribution in [2.45, 2.75) is 19.4 Å². The van der Waals surface area contributed by atoms with E-state index >= 15 is 0 Å². The van der Waals surface area contributed by atoms with E-state index in [1.807, 2.05) is 25.1 Å². The van der Waals surface area contributed by atoms with E-state index in [2.05, 4.69) is 17.0 Å². The number of halogens is 1. The van der Waals surface area contributed by atoms with Gasteiger partial charge in [-0.2, -0.15) is 0 Å². The van der Waals surface area contributed by atoms with E-state index in [0.29, 0.717) is 43.3 Å². The van der Waals surface area contributed by atoms with Gasteiger partial charge in [-0.05, 0) is 42.8 Å². The highest BCUT2D eigenvalue weighted by Gasteiger charge is 2.35. The average Bonchev–Trinajstić information content (AvgIpc) is 2.72. The summed E-state index contributed by atoms with van der Waals surface area (Å²) in [4.78, 5) is 17.3. The summed E-state index contributed by atoms with van der Waals surface area (Å²) < 4.78 is 26.3. The molecular weight excluding hydrogens is 410 g/mol. The third kappa shape index (κ3) is 5.03. The number of sulfonamides is 1. The van der Waals surface area contributed by atoms with E-state index in [-0.39, 0.29) is 5.91 Å². The van der Waals surface area contributed by atoms with E-state index < -0.39 is 16.1 Å². The summed E-state index contributed by atoms with van der Waals surface area (Å²) in [5, 5.41) is 0.513. The second-order valence-corrected chi connectivity index (χ2v) is 9.40. The summed E-state index contributed by atoms with van der Waals surface area (Å²) >= 11 is 5.94. The van der Waals surface area contributed by atoms with Crippen molar-refractivity contribution in [1.29, 1.82) is 0 Å². The molecule has 2 aromatic carbocycles. The lowest BCUT2D eigenvalue weighted by atomic mass is 10.1. The molecule has 0 aromatic heterocycles. The van der Waals surface area contributed by atoms with Gasteiger partial charge in [-0.1, -0.05) is 36.7 Å². The molecule has 1 heterocycles.